The molecule has 0 spiro atoms. The Morgan fingerprint density at radius 3 is 2.50 bits per heavy atom. The highest BCUT2D eigenvalue weighted by Gasteiger charge is 2.40. The third-order valence-electron chi connectivity index (χ3n) is 5.93. The second-order valence-corrected chi connectivity index (χ2v) is 8.62. The fourth-order valence-corrected chi connectivity index (χ4v) is 4.70. The Labute approximate surface area is 193 Å². The van der Waals surface area contributed by atoms with Crippen molar-refractivity contribution in [1.82, 2.24) is 14.8 Å². The lowest BCUT2D eigenvalue weighted by molar-refractivity contribution is 0.223. The topological polar surface area (TPSA) is 61.2 Å². The van der Waals surface area contributed by atoms with E-state index < -0.39 is 0 Å². The summed E-state index contributed by atoms with van der Waals surface area (Å²) in [6.07, 6.45) is 1.28. The minimum atomic E-state index is -0.302. The molecular formula is C25H19BrN4O2. The van der Waals surface area contributed by atoms with Crippen LogP contribution in [0.25, 0.3) is 5.70 Å². The standard InChI is InChI=1S/C25H19BrN4O2/c1-31-18-12-8-16(9-13-18)24-21-22(19-4-2-3-5-20(19)32-24)29-25-27-14-28-30(25)23(21)15-6-10-17(26)11-7-15/h2-14,23-24H,1H3,(H,27,28,29)/t23-,24-/m1/s1. The summed E-state index contributed by atoms with van der Waals surface area (Å²) in [4.78, 5) is 4.47. The van der Waals surface area contributed by atoms with E-state index in [0.29, 0.717) is 5.95 Å². The average molecular weight is 487 g/mol. The molecule has 2 aliphatic rings. The van der Waals surface area contributed by atoms with Crippen molar-refractivity contribution in [2.24, 2.45) is 0 Å². The molecule has 0 amide bonds. The Kier molecular flexibility index (Phi) is 4.50. The third kappa shape index (κ3) is 3.00. The zero-order valence-electron chi connectivity index (χ0n) is 17.2. The molecule has 1 aromatic heterocycles. The van der Waals surface area contributed by atoms with Crippen LogP contribution in [0.1, 0.15) is 28.8 Å². The molecule has 3 aromatic carbocycles. The largest absolute Gasteiger partial charge is 0.497 e. The maximum Gasteiger partial charge on any atom is 0.226 e. The van der Waals surface area contributed by atoms with Crippen LogP contribution >= 0.6 is 15.9 Å². The first-order valence-electron chi connectivity index (χ1n) is 10.3. The molecule has 6 rings (SSSR count). The van der Waals surface area contributed by atoms with Crippen LogP contribution in [0.3, 0.4) is 0 Å². The molecule has 32 heavy (non-hydrogen) atoms. The number of para-hydroxylation sites is 1. The first-order chi connectivity index (χ1) is 15.7. The van der Waals surface area contributed by atoms with Gasteiger partial charge in [0.05, 0.1) is 12.8 Å². The van der Waals surface area contributed by atoms with Crippen molar-refractivity contribution >= 4 is 27.6 Å². The van der Waals surface area contributed by atoms with E-state index in [1.807, 2.05) is 47.1 Å². The Bertz CT molecular complexity index is 1330. The van der Waals surface area contributed by atoms with E-state index in [2.05, 4.69) is 61.7 Å². The molecule has 0 radical (unpaired) electrons. The number of nitrogens with zero attached hydrogens (tertiary/aromatic N) is 3. The first-order valence-corrected chi connectivity index (χ1v) is 11.1. The lowest BCUT2D eigenvalue weighted by atomic mass is 9.84. The van der Waals surface area contributed by atoms with Crippen molar-refractivity contribution in [2.45, 2.75) is 12.1 Å². The predicted octanol–water partition coefficient (Wildman–Crippen LogP) is 5.61. The number of hydrogen-bond acceptors (Lipinski definition) is 5. The Balaban J connectivity index is 1.60. The number of ether oxygens (including phenoxy) is 2. The van der Waals surface area contributed by atoms with E-state index >= 15 is 0 Å². The highest BCUT2D eigenvalue weighted by atomic mass is 79.9. The minimum absolute atomic E-state index is 0.169. The van der Waals surface area contributed by atoms with Crippen molar-refractivity contribution < 1.29 is 9.47 Å². The summed E-state index contributed by atoms with van der Waals surface area (Å²) in [6, 6.07) is 24.3. The molecule has 0 saturated carbocycles. The maximum atomic E-state index is 6.62. The van der Waals surface area contributed by atoms with Crippen molar-refractivity contribution in [3.63, 3.8) is 0 Å². The van der Waals surface area contributed by atoms with Crippen LogP contribution < -0.4 is 14.8 Å². The quantitative estimate of drug-likeness (QED) is 0.407. The number of hydrogen-bond donors (Lipinski definition) is 1. The Morgan fingerprint density at radius 2 is 1.72 bits per heavy atom. The number of fused-ring (bicyclic) bond motifs is 3. The molecule has 7 heteroatoms. The van der Waals surface area contributed by atoms with Crippen LogP contribution in [0.15, 0.2) is 89.2 Å². The molecule has 4 aromatic rings. The van der Waals surface area contributed by atoms with E-state index in [0.717, 1.165) is 43.9 Å². The second kappa shape index (κ2) is 7.53. The van der Waals surface area contributed by atoms with Gasteiger partial charge in [0.1, 0.15) is 30.0 Å². The van der Waals surface area contributed by atoms with Crippen LogP contribution in [0.5, 0.6) is 11.5 Å². The fraction of sp³-hybridized carbons (Fsp3) is 0.120. The molecule has 0 fully saturated rings. The van der Waals surface area contributed by atoms with Crippen LogP contribution in [0.4, 0.5) is 5.95 Å². The molecule has 2 atom stereocenters. The van der Waals surface area contributed by atoms with Gasteiger partial charge in [-0.05, 0) is 47.5 Å². The van der Waals surface area contributed by atoms with Crippen molar-refractivity contribution in [1.29, 1.82) is 0 Å². The number of halogens is 1. The van der Waals surface area contributed by atoms with Gasteiger partial charge < -0.3 is 14.8 Å². The van der Waals surface area contributed by atoms with Crippen molar-refractivity contribution in [2.75, 3.05) is 12.4 Å². The lowest BCUT2D eigenvalue weighted by Crippen LogP contribution is -2.32. The monoisotopic (exact) mass is 486 g/mol. The average Bonchev–Trinajstić information content (AvgIpc) is 3.31. The maximum absolute atomic E-state index is 6.62. The highest BCUT2D eigenvalue weighted by Crippen LogP contribution is 2.50. The Hall–Kier alpha value is -3.58. The summed E-state index contributed by atoms with van der Waals surface area (Å²) < 4.78 is 14.9. The Morgan fingerprint density at radius 1 is 0.969 bits per heavy atom. The molecule has 6 nitrogen and oxygen atoms in total. The third-order valence-corrected chi connectivity index (χ3v) is 6.45. The smallest absolute Gasteiger partial charge is 0.226 e. The van der Waals surface area contributed by atoms with E-state index in [1.54, 1.807) is 13.4 Å². The number of benzene rings is 3. The van der Waals surface area contributed by atoms with Crippen LogP contribution in [-0.2, 0) is 0 Å². The van der Waals surface area contributed by atoms with Gasteiger partial charge in [0.2, 0.25) is 5.95 Å². The minimum Gasteiger partial charge on any atom is -0.497 e. The molecule has 3 heterocycles. The highest BCUT2D eigenvalue weighted by molar-refractivity contribution is 9.10. The molecular weight excluding hydrogens is 468 g/mol. The summed E-state index contributed by atoms with van der Waals surface area (Å²) in [5.41, 5.74) is 5.27. The van der Waals surface area contributed by atoms with E-state index in [-0.39, 0.29) is 12.1 Å². The van der Waals surface area contributed by atoms with Gasteiger partial charge >= 0.3 is 0 Å². The summed E-state index contributed by atoms with van der Waals surface area (Å²) in [6.45, 7) is 0. The van der Waals surface area contributed by atoms with Gasteiger partial charge in [-0.25, -0.2) is 4.68 Å². The molecule has 158 valence electrons. The summed E-state index contributed by atoms with van der Waals surface area (Å²) in [7, 11) is 1.67. The van der Waals surface area contributed by atoms with Gasteiger partial charge in [0.25, 0.3) is 0 Å². The zero-order valence-corrected chi connectivity index (χ0v) is 18.8. The van der Waals surface area contributed by atoms with Gasteiger partial charge in [0.15, 0.2) is 0 Å². The summed E-state index contributed by atoms with van der Waals surface area (Å²) in [5.74, 6) is 2.35. The number of rotatable bonds is 3. The number of methoxy groups -OCH3 is 1. The lowest BCUT2D eigenvalue weighted by Gasteiger charge is -2.39. The second-order valence-electron chi connectivity index (χ2n) is 7.70. The fourth-order valence-electron chi connectivity index (χ4n) is 4.44. The first kappa shape index (κ1) is 19.1. The molecule has 1 N–H and O–H groups in total. The van der Waals surface area contributed by atoms with Gasteiger partial charge in [-0.3, -0.25) is 0 Å². The van der Waals surface area contributed by atoms with E-state index in [9.17, 15) is 0 Å². The molecule has 2 aliphatic heterocycles. The molecule has 0 unspecified atom stereocenters. The molecule has 0 bridgehead atoms. The number of anilines is 1. The van der Waals surface area contributed by atoms with Crippen molar-refractivity contribution in [3.8, 4) is 11.5 Å². The van der Waals surface area contributed by atoms with E-state index in [4.69, 9.17) is 9.47 Å². The molecule has 0 saturated heterocycles. The van der Waals surface area contributed by atoms with Crippen LogP contribution in [0.2, 0.25) is 0 Å². The van der Waals surface area contributed by atoms with Gasteiger partial charge in [-0.2, -0.15) is 10.1 Å². The normalized spacial score (nSPS) is 18.7. The molecule has 0 aliphatic carbocycles. The number of aromatic nitrogens is 3. The van der Waals surface area contributed by atoms with Gasteiger partial charge in [0, 0.05) is 15.6 Å². The van der Waals surface area contributed by atoms with Crippen LogP contribution in [0, 0.1) is 0 Å². The van der Waals surface area contributed by atoms with Crippen molar-refractivity contribution in [3.05, 3.63) is 106 Å². The van der Waals surface area contributed by atoms with Crippen LogP contribution in [-0.4, -0.2) is 21.9 Å². The summed E-state index contributed by atoms with van der Waals surface area (Å²) >= 11 is 3.55. The predicted molar refractivity (Wildman–Crippen MR) is 126 cm³/mol. The summed E-state index contributed by atoms with van der Waals surface area (Å²) in [5, 5.41) is 8.08. The zero-order chi connectivity index (χ0) is 21.7. The number of nitrogens with one attached hydrogen (secondary N) is 1. The SMILES string of the molecule is COc1ccc([C@H]2Oc3ccccc3C3=C2[C@@H](c2ccc(Br)cc2)n2ncnc2N3)cc1. The van der Waals surface area contributed by atoms with Gasteiger partial charge in [-0.15, -0.1) is 0 Å². The van der Waals surface area contributed by atoms with Gasteiger partial charge in [-0.1, -0.05) is 52.3 Å². The van der Waals surface area contributed by atoms with E-state index in [1.165, 1.54) is 0 Å².